The number of hydrogen-bond acceptors (Lipinski definition) is 3. The van der Waals surface area contributed by atoms with Gasteiger partial charge < -0.3 is 15.0 Å². The zero-order valence-electron chi connectivity index (χ0n) is 13.9. The summed E-state index contributed by atoms with van der Waals surface area (Å²) in [6.45, 7) is 2.32. The Kier molecular flexibility index (Phi) is 6.03. The lowest BCUT2D eigenvalue weighted by Crippen LogP contribution is -2.52. The average Bonchev–Trinajstić information content (AvgIpc) is 2.98. The monoisotopic (exact) mass is 386 g/mol. The largest absolute Gasteiger partial charge is 0.480 e. The molecule has 0 saturated heterocycles. The van der Waals surface area contributed by atoms with Crippen LogP contribution in [0.3, 0.4) is 0 Å². The maximum absolute atomic E-state index is 13.1. The van der Waals surface area contributed by atoms with Gasteiger partial charge in [-0.3, -0.25) is 4.79 Å². The van der Waals surface area contributed by atoms with Crippen LogP contribution in [-0.4, -0.2) is 43.1 Å². The number of amides is 1. The fourth-order valence-electron chi connectivity index (χ4n) is 3.03. The highest BCUT2D eigenvalue weighted by atomic mass is 79.9. The number of hydrogen-bond donors (Lipinski definition) is 1. The summed E-state index contributed by atoms with van der Waals surface area (Å²) >= 11 is 3.24. The molecule has 0 spiro atoms. The van der Waals surface area contributed by atoms with E-state index in [9.17, 15) is 9.18 Å². The fourth-order valence-corrected chi connectivity index (χ4v) is 3.47. The highest BCUT2D eigenvalue weighted by Crippen LogP contribution is 2.33. The van der Waals surface area contributed by atoms with Crippen LogP contribution in [0.1, 0.15) is 32.6 Å². The molecule has 128 valence electrons. The lowest BCUT2D eigenvalue weighted by Gasteiger charge is -2.36. The normalized spacial score (nSPS) is 18.0. The standard InChI is InChI=1S/C17H24BrFN2O2/c1-12(23-15-7-6-13(19)10-14(15)18)16(22)20-11-17(21(2)3)8-4-5-9-17/h6-7,10,12H,4-5,8-9,11H2,1-3H3,(H,20,22)/t12-/m0/s1. The molecular weight excluding hydrogens is 363 g/mol. The van der Waals surface area contributed by atoms with E-state index in [0.717, 1.165) is 12.8 Å². The van der Waals surface area contributed by atoms with Crippen molar-refractivity contribution in [2.24, 2.45) is 0 Å². The summed E-state index contributed by atoms with van der Waals surface area (Å²) in [4.78, 5) is 14.5. The van der Waals surface area contributed by atoms with Gasteiger partial charge in [0.1, 0.15) is 11.6 Å². The molecular formula is C17H24BrFN2O2. The molecule has 1 aromatic rings. The third kappa shape index (κ3) is 4.44. The molecule has 0 heterocycles. The molecule has 0 aliphatic heterocycles. The Hall–Kier alpha value is -1.14. The van der Waals surface area contributed by atoms with Gasteiger partial charge in [-0.1, -0.05) is 12.8 Å². The molecule has 2 rings (SSSR count). The Morgan fingerprint density at radius 2 is 2.09 bits per heavy atom. The Morgan fingerprint density at radius 1 is 1.43 bits per heavy atom. The van der Waals surface area contributed by atoms with E-state index < -0.39 is 6.10 Å². The molecule has 4 nitrogen and oxygen atoms in total. The topological polar surface area (TPSA) is 41.6 Å². The molecule has 0 bridgehead atoms. The first-order valence-corrected chi connectivity index (χ1v) is 8.70. The fraction of sp³-hybridized carbons (Fsp3) is 0.588. The van der Waals surface area contributed by atoms with Crippen molar-refractivity contribution in [1.29, 1.82) is 0 Å². The lowest BCUT2D eigenvalue weighted by atomic mass is 9.96. The molecule has 1 atom stereocenters. The van der Waals surface area contributed by atoms with Gasteiger partial charge in [-0.25, -0.2) is 4.39 Å². The predicted octanol–water partition coefficient (Wildman–Crippen LogP) is 3.35. The molecule has 0 unspecified atom stereocenters. The molecule has 1 amide bonds. The SMILES string of the molecule is C[C@H](Oc1ccc(F)cc1Br)C(=O)NCC1(N(C)C)CCCC1. The highest BCUT2D eigenvalue weighted by Gasteiger charge is 2.36. The van der Waals surface area contributed by atoms with Crippen molar-refractivity contribution in [2.45, 2.75) is 44.2 Å². The summed E-state index contributed by atoms with van der Waals surface area (Å²) in [5.74, 6) is -0.0536. The summed E-state index contributed by atoms with van der Waals surface area (Å²) in [7, 11) is 4.13. The molecule has 0 aromatic heterocycles. The minimum absolute atomic E-state index is 0.0475. The highest BCUT2D eigenvalue weighted by molar-refractivity contribution is 9.10. The van der Waals surface area contributed by atoms with Crippen molar-refractivity contribution >= 4 is 21.8 Å². The Labute approximate surface area is 145 Å². The number of likely N-dealkylation sites (N-methyl/N-ethyl adjacent to an activating group) is 1. The van der Waals surface area contributed by atoms with Crippen LogP contribution in [-0.2, 0) is 4.79 Å². The zero-order valence-corrected chi connectivity index (χ0v) is 15.5. The molecule has 1 saturated carbocycles. The molecule has 1 fully saturated rings. The van der Waals surface area contributed by atoms with E-state index in [1.54, 1.807) is 6.92 Å². The van der Waals surface area contributed by atoms with Gasteiger partial charge in [0.15, 0.2) is 6.10 Å². The van der Waals surface area contributed by atoms with Gasteiger partial charge in [-0.2, -0.15) is 0 Å². The first kappa shape index (κ1) is 18.2. The minimum atomic E-state index is -0.641. The van der Waals surface area contributed by atoms with E-state index in [2.05, 4.69) is 40.2 Å². The molecule has 1 aromatic carbocycles. The van der Waals surface area contributed by atoms with E-state index in [-0.39, 0.29) is 17.3 Å². The second kappa shape index (κ2) is 7.62. The van der Waals surface area contributed by atoms with Gasteiger partial charge in [0, 0.05) is 12.1 Å². The van der Waals surface area contributed by atoms with Crippen molar-refractivity contribution in [2.75, 3.05) is 20.6 Å². The van der Waals surface area contributed by atoms with Crippen LogP contribution in [0.25, 0.3) is 0 Å². The first-order valence-electron chi connectivity index (χ1n) is 7.91. The van der Waals surface area contributed by atoms with Gasteiger partial charge in [0.2, 0.25) is 0 Å². The molecule has 23 heavy (non-hydrogen) atoms. The third-order valence-electron chi connectivity index (χ3n) is 4.64. The molecule has 1 N–H and O–H groups in total. The number of ether oxygens (including phenoxy) is 1. The van der Waals surface area contributed by atoms with E-state index in [0.29, 0.717) is 16.8 Å². The van der Waals surface area contributed by atoms with Crippen molar-refractivity contribution in [3.63, 3.8) is 0 Å². The summed E-state index contributed by atoms with van der Waals surface area (Å²) in [6.07, 6.45) is 3.95. The van der Waals surface area contributed by atoms with E-state index >= 15 is 0 Å². The smallest absolute Gasteiger partial charge is 0.260 e. The average molecular weight is 387 g/mol. The summed E-state index contributed by atoms with van der Waals surface area (Å²) < 4.78 is 19.2. The summed E-state index contributed by atoms with van der Waals surface area (Å²) in [5.41, 5.74) is 0.0475. The quantitative estimate of drug-likeness (QED) is 0.814. The Bertz CT molecular complexity index is 560. The summed E-state index contributed by atoms with van der Waals surface area (Å²) in [6, 6.07) is 4.14. The Morgan fingerprint density at radius 3 is 2.65 bits per heavy atom. The first-order chi connectivity index (χ1) is 10.8. The number of carbonyl (C=O) groups excluding carboxylic acids is 1. The van der Waals surface area contributed by atoms with Crippen LogP contribution in [0.4, 0.5) is 4.39 Å². The molecule has 6 heteroatoms. The van der Waals surface area contributed by atoms with Crippen molar-refractivity contribution in [3.8, 4) is 5.75 Å². The Balaban J connectivity index is 1.92. The minimum Gasteiger partial charge on any atom is -0.480 e. The van der Waals surface area contributed by atoms with Gasteiger partial charge in [-0.15, -0.1) is 0 Å². The van der Waals surface area contributed by atoms with Crippen LogP contribution in [0, 0.1) is 5.82 Å². The van der Waals surface area contributed by atoms with Gasteiger partial charge in [-0.05, 0) is 68.0 Å². The number of nitrogens with one attached hydrogen (secondary N) is 1. The van der Waals surface area contributed by atoms with E-state index in [1.807, 2.05) is 0 Å². The van der Waals surface area contributed by atoms with E-state index in [4.69, 9.17) is 4.74 Å². The number of benzene rings is 1. The van der Waals surface area contributed by atoms with Crippen LogP contribution >= 0.6 is 15.9 Å². The molecule has 1 aliphatic rings. The van der Waals surface area contributed by atoms with E-state index in [1.165, 1.54) is 31.0 Å². The van der Waals surface area contributed by atoms with Crippen molar-refractivity contribution in [3.05, 3.63) is 28.5 Å². The van der Waals surface area contributed by atoms with Crippen LogP contribution in [0.5, 0.6) is 5.75 Å². The van der Waals surface area contributed by atoms with Crippen LogP contribution in [0.15, 0.2) is 22.7 Å². The van der Waals surface area contributed by atoms with Crippen molar-refractivity contribution in [1.82, 2.24) is 10.2 Å². The lowest BCUT2D eigenvalue weighted by molar-refractivity contribution is -0.127. The zero-order chi connectivity index (χ0) is 17.0. The van der Waals surface area contributed by atoms with Crippen LogP contribution in [0.2, 0.25) is 0 Å². The maximum Gasteiger partial charge on any atom is 0.260 e. The third-order valence-corrected chi connectivity index (χ3v) is 5.26. The second-order valence-corrected chi connectivity index (χ2v) is 7.23. The van der Waals surface area contributed by atoms with Gasteiger partial charge in [0.05, 0.1) is 4.47 Å². The number of nitrogens with zero attached hydrogens (tertiary/aromatic N) is 1. The number of carbonyl (C=O) groups is 1. The van der Waals surface area contributed by atoms with Crippen molar-refractivity contribution < 1.29 is 13.9 Å². The predicted molar refractivity (Wildman–Crippen MR) is 92.1 cm³/mol. The van der Waals surface area contributed by atoms with Gasteiger partial charge >= 0.3 is 0 Å². The number of rotatable bonds is 6. The molecule has 0 radical (unpaired) electrons. The van der Waals surface area contributed by atoms with Gasteiger partial charge in [0.25, 0.3) is 5.91 Å². The molecule has 1 aliphatic carbocycles. The summed E-state index contributed by atoms with van der Waals surface area (Å²) in [5, 5.41) is 3.00. The maximum atomic E-state index is 13.1. The second-order valence-electron chi connectivity index (χ2n) is 6.38. The van der Waals surface area contributed by atoms with Crippen LogP contribution < -0.4 is 10.1 Å². The number of halogens is 2.